The number of rotatable bonds is 5. The van der Waals surface area contributed by atoms with Crippen molar-refractivity contribution in [2.45, 2.75) is 18.8 Å². The lowest BCUT2D eigenvalue weighted by Gasteiger charge is -2.33. The zero-order valence-corrected chi connectivity index (χ0v) is 11.6. The summed E-state index contributed by atoms with van der Waals surface area (Å²) in [5.74, 6) is -1.28. The average molecular weight is 295 g/mol. The van der Waals surface area contributed by atoms with Crippen LogP contribution in [0.3, 0.4) is 0 Å². The molecule has 2 atom stereocenters. The van der Waals surface area contributed by atoms with Crippen molar-refractivity contribution >= 4 is 11.9 Å². The Kier molecular flexibility index (Phi) is 4.77. The maximum Gasteiger partial charge on any atom is 0.335 e. The van der Waals surface area contributed by atoms with Crippen LogP contribution in [0.2, 0.25) is 0 Å². The number of morpholine rings is 1. The van der Waals surface area contributed by atoms with Crippen LogP contribution in [0.4, 0.5) is 0 Å². The maximum absolute atomic E-state index is 12.2. The second kappa shape index (κ2) is 6.55. The molecule has 21 heavy (non-hydrogen) atoms. The van der Waals surface area contributed by atoms with Crippen LogP contribution in [0.15, 0.2) is 24.3 Å². The van der Waals surface area contributed by atoms with E-state index in [1.54, 1.807) is 19.2 Å². The van der Waals surface area contributed by atoms with Crippen molar-refractivity contribution in [2.75, 3.05) is 20.3 Å². The zero-order valence-electron chi connectivity index (χ0n) is 11.6. The number of aliphatic hydroxyl groups is 1. The number of carboxylic acid groups (broad SMARTS) is 1. The summed E-state index contributed by atoms with van der Waals surface area (Å²) in [6, 6.07) is 7.21. The lowest BCUT2D eigenvalue weighted by atomic mass is 10.1. The molecule has 1 aliphatic heterocycles. The van der Waals surface area contributed by atoms with Crippen LogP contribution in [0.25, 0.3) is 0 Å². The van der Waals surface area contributed by atoms with E-state index >= 15 is 0 Å². The monoisotopic (exact) mass is 295 g/mol. The highest BCUT2D eigenvalue weighted by Gasteiger charge is 2.38. The first-order valence-electron chi connectivity index (χ1n) is 6.47. The minimum atomic E-state index is -1.85. The predicted octanol–water partition coefficient (Wildman–Crippen LogP) is -0.132. The van der Waals surface area contributed by atoms with Gasteiger partial charge in [0.1, 0.15) is 5.75 Å². The molecule has 2 N–H and O–H groups in total. The number of nitrogens with zero attached hydrogens (tertiary/aromatic N) is 1. The molecular formula is C14H17NO6. The van der Waals surface area contributed by atoms with Crippen LogP contribution in [0.5, 0.6) is 5.75 Å². The summed E-state index contributed by atoms with van der Waals surface area (Å²) in [6.07, 6.45) is -3.20. The van der Waals surface area contributed by atoms with Crippen molar-refractivity contribution in [2.24, 2.45) is 0 Å². The van der Waals surface area contributed by atoms with Crippen LogP contribution in [0.1, 0.15) is 5.56 Å². The van der Waals surface area contributed by atoms with E-state index in [1.807, 2.05) is 12.1 Å². The normalized spacial score (nSPS) is 20.2. The Morgan fingerprint density at radius 3 is 2.71 bits per heavy atom. The fourth-order valence-corrected chi connectivity index (χ4v) is 2.12. The molecule has 1 fully saturated rings. The van der Waals surface area contributed by atoms with Crippen LogP contribution < -0.4 is 4.74 Å². The summed E-state index contributed by atoms with van der Waals surface area (Å²) < 4.78 is 10.1. The summed E-state index contributed by atoms with van der Waals surface area (Å²) in [5.41, 5.74) is 0.884. The quantitative estimate of drug-likeness (QED) is 0.785. The van der Waals surface area contributed by atoms with Gasteiger partial charge in [0, 0.05) is 13.1 Å². The number of hydrogen-bond acceptors (Lipinski definition) is 5. The van der Waals surface area contributed by atoms with Crippen LogP contribution in [-0.4, -0.2) is 59.5 Å². The van der Waals surface area contributed by atoms with Gasteiger partial charge in [-0.15, -0.1) is 0 Å². The molecule has 1 aromatic carbocycles. The summed E-state index contributed by atoms with van der Waals surface area (Å²) in [6.45, 7) is 0.875. The number of carbonyl (C=O) groups excluding carboxylic acids is 1. The van der Waals surface area contributed by atoms with Gasteiger partial charge in [-0.05, 0) is 17.7 Å². The summed E-state index contributed by atoms with van der Waals surface area (Å²) in [7, 11) is 1.57. The second-order valence-electron chi connectivity index (χ2n) is 4.68. The molecule has 1 aliphatic rings. The summed E-state index contributed by atoms with van der Waals surface area (Å²) in [4.78, 5) is 24.4. The van der Waals surface area contributed by atoms with Gasteiger partial charge in [0.2, 0.25) is 0 Å². The highest BCUT2D eigenvalue weighted by atomic mass is 16.5. The van der Waals surface area contributed by atoms with Gasteiger partial charge in [-0.1, -0.05) is 12.1 Å². The fraction of sp³-hybridized carbons (Fsp3) is 0.429. The molecule has 1 amide bonds. The van der Waals surface area contributed by atoms with E-state index in [9.17, 15) is 14.7 Å². The zero-order chi connectivity index (χ0) is 15.4. The van der Waals surface area contributed by atoms with Crippen molar-refractivity contribution in [3.63, 3.8) is 0 Å². The first kappa shape index (κ1) is 15.3. The molecule has 0 radical (unpaired) electrons. The Bertz CT molecular complexity index is 515. The van der Waals surface area contributed by atoms with E-state index in [4.69, 9.17) is 14.6 Å². The Morgan fingerprint density at radius 1 is 1.48 bits per heavy atom. The number of carbonyl (C=O) groups is 2. The molecule has 7 nitrogen and oxygen atoms in total. The van der Waals surface area contributed by atoms with Crippen molar-refractivity contribution in [1.82, 2.24) is 4.90 Å². The minimum Gasteiger partial charge on any atom is -0.497 e. The molecule has 0 aliphatic carbocycles. The molecule has 0 bridgehead atoms. The second-order valence-corrected chi connectivity index (χ2v) is 4.68. The van der Waals surface area contributed by atoms with Crippen LogP contribution >= 0.6 is 0 Å². The van der Waals surface area contributed by atoms with E-state index in [2.05, 4.69) is 0 Å². The van der Waals surface area contributed by atoms with Crippen molar-refractivity contribution < 1.29 is 29.3 Å². The number of hydrogen-bond donors (Lipinski definition) is 2. The van der Waals surface area contributed by atoms with E-state index in [0.717, 1.165) is 5.56 Å². The Morgan fingerprint density at radius 2 is 2.14 bits per heavy atom. The lowest BCUT2D eigenvalue weighted by Crippen LogP contribution is -2.53. The third-order valence-electron chi connectivity index (χ3n) is 3.29. The molecule has 114 valence electrons. The van der Waals surface area contributed by atoms with Crippen LogP contribution in [0, 0.1) is 0 Å². The number of aliphatic carboxylic acids is 1. The summed E-state index contributed by atoms with van der Waals surface area (Å²) in [5, 5.41) is 18.3. The third kappa shape index (κ3) is 3.50. The topological polar surface area (TPSA) is 96.3 Å². The lowest BCUT2D eigenvalue weighted by molar-refractivity contribution is -0.175. The van der Waals surface area contributed by atoms with E-state index < -0.39 is 24.1 Å². The Labute approximate surface area is 121 Å². The van der Waals surface area contributed by atoms with E-state index in [-0.39, 0.29) is 6.61 Å². The largest absolute Gasteiger partial charge is 0.497 e. The van der Waals surface area contributed by atoms with Crippen molar-refractivity contribution in [3.8, 4) is 5.75 Å². The minimum absolute atomic E-state index is 0.191. The molecule has 1 heterocycles. The fourth-order valence-electron chi connectivity index (χ4n) is 2.12. The van der Waals surface area contributed by atoms with Crippen molar-refractivity contribution in [3.05, 3.63) is 29.8 Å². The van der Waals surface area contributed by atoms with E-state index in [0.29, 0.717) is 18.8 Å². The molecule has 0 aromatic heterocycles. The van der Waals surface area contributed by atoms with Gasteiger partial charge in [-0.2, -0.15) is 0 Å². The predicted molar refractivity (Wildman–Crippen MR) is 71.8 cm³/mol. The number of methoxy groups -OCH3 is 1. The SMILES string of the molecule is COc1ccc(CN2CCO[C@H](C(O)C(=O)O)C2=O)cc1. The van der Waals surface area contributed by atoms with Crippen molar-refractivity contribution in [1.29, 1.82) is 0 Å². The summed E-state index contributed by atoms with van der Waals surface area (Å²) >= 11 is 0. The molecule has 1 aromatic rings. The first-order valence-corrected chi connectivity index (χ1v) is 6.47. The van der Waals surface area contributed by atoms with Gasteiger partial charge in [-0.25, -0.2) is 4.79 Å². The van der Waals surface area contributed by atoms with Crippen LogP contribution in [-0.2, 0) is 20.9 Å². The highest BCUT2D eigenvalue weighted by molar-refractivity contribution is 5.88. The highest BCUT2D eigenvalue weighted by Crippen LogP contribution is 2.17. The number of benzene rings is 1. The molecular weight excluding hydrogens is 278 g/mol. The van der Waals surface area contributed by atoms with Gasteiger partial charge < -0.3 is 24.6 Å². The number of aliphatic hydroxyl groups excluding tert-OH is 1. The molecule has 0 spiro atoms. The molecule has 1 unspecified atom stereocenters. The van der Waals surface area contributed by atoms with Gasteiger partial charge in [-0.3, -0.25) is 4.79 Å². The number of carboxylic acids is 1. The van der Waals surface area contributed by atoms with Gasteiger partial charge in [0.05, 0.1) is 13.7 Å². The first-order chi connectivity index (χ1) is 10.0. The molecule has 0 saturated carbocycles. The molecule has 7 heteroatoms. The molecule has 1 saturated heterocycles. The number of amides is 1. The van der Waals surface area contributed by atoms with Gasteiger partial charge in [0.15, 0.2) is 12.2 Å². The van der Waals surface area contributed by atoms with E-state index in [1.165, 1.54) is 4.90 Å². The Balaban J connectivity index is 2.05. The molecule has 2 rings (SSSR count). The maximum atomic E-state index is 12.2. The number of ether oxygens (including phenoxy) is 2. The average Bonchev–Trinajstić information content (AvgIpc) is 2.49. The standard InChI is InChI=1S/C14H17NO6/c1-20-10-4-2-9(3-5-10)8-15-6-7-21-12(13(15)17)11(16)14(18)19/h2-5,11-12,16H,6-8H2,1H3,(H,18,19)/t11?,12-/m1/s1. The van der Waals surface area contributed by atoms with Gasteiger partial charge >= 0.3 is 5.97 Å². The third-order valence-corrected chi connectivity index (χ3v) is 3.29. The van der Waals surface area contributed by atoms with Gasteiger partial charge in [0.25, 0.3) is 5.91 Å². The Hall–Kier alpha value is -2.12. The smallest absolute Gasteiger partial charge is 0.335 e.